The van der Waals surface area contributed by atoms with Crippen LogP contribution in [0.1, 0.15) is 12.5 Å². The van der Waals surface area contributed by atoms with E-state index in [0.717, 1.165) is 10.9 Å². The van der Waals surface area contributed by atoms with Crippen molar-refractivity contribution >= 4 is 21.6 Å². The molecule has 0 aromatic heterocycles. The van der Waals surface area contributed by atoms with Gasteiger partial charge in [-0.15, -0.1) is 0 Å². The van der Waals surface area contributed by atoms with Gasteiger partial charge in [0.05, 0.1) is 17.3 Å². The normalized spacial score (nSPS) is 9.92. The minimum Gasteiger partial charge on any atom is -0.493 e. The predicted octanol–water partition coefficient (Wildman–Crippen LogP) is 2.60. The lowest BCUT2D eigenvalue weighted by Crippen LogP contribution is -1.95. The Morgan fingerprint density at radius 1 is 1.50 bits per heavy atom. The molecule has 12 heavy (non-hydrogen) atoms. The van der Waals surface area contributed by atoms with Gasteiger partial charge >= 0.3 is 0 Å². The molecule has 1 aromatic carbocycles. The van der Waals surface area contributed by atoms with E-state index < -0.39 is 0 Å². The quantitative estimate of drug-likeness (QED) is 0.792. The van der Waals surface area contributed by atoms with E-state index in [-0.39, 0.29) is 0 Å². The van der Waals surface area contributed by atoms with Crippen molar-refractivity contribution in [2.45, 2.75) is 13.3 Å². The molecular formula is C9H12BrNO. The van der Waals surface area contributed by atoms with E-state index in [1.807, 2.05) is 12.1 Å². The molecule has 3 heteroatoms. The Bertz CT molecular complexity index is 263. The average molecular weight is 230 g/mol. The first-order valence-electron chi connectivity index (χ1n) is 3.81. The van der Waals surface area contributed by atoms with E-state index in [1.165, 1.54) is 5.56 Å². The fourth-order valence-electron chi connectivity index (χ4n) is 1.09. The molecule has 2 nitrogen and oxygen atoms in total. The molecule has 1 aromatic rings. The number of ether oxygens (including phenoxy) is 1. The highest BCUT2D eigenvalue weighted by Crippen LogP contribution is 2.32. The number of hydrogen-bond acceptors (Lipinski definition) is 2. The summed E-state index contributed by atoms with van der Waals surface area (Å²) >= 11 is 3.39. The van der Waals surface area contributed by atoms with Crippen molar-refractivity contribution in [1.82, 2.24) is 0 Å². The van der Waals surface area contributed by atoms with Gasteiger partial charge in [0, 0.05) is 0 Å². The molecule has 0 heterocycles. The van der Waals surface area contributed by atoms with Gasteiger partial charge in [-0.05, 0) is 40.0 Å². The van der Waals surface area contributed by atoms with Crippen LogP contribution in [-0.2, 0) is 6.42 Å². The molecule has 0 aliphatic heterocycles. The van der Waals surface area contributed by atoms with Crippen molar-refractivity contribution in [2.75, 3.05) is 12.8 Å². The summed E-state index contributed by atoms with van der Waals surface area (Å²) in [7, 11) is 1.61. The van der Waals surface area contributed by atoms with Crippen LogP contribution < -0.4 is 10.5 Å². The fraction of sp³-hybridized carbons (Fsp3) is 0.333. The Labute approximate surface area is 80.8 Å². The molecule has 0 unspecified atom stereocenters. The van der Waals surface area contributed by atoms with Crippen LogP contribution in [0, 0.1) is 0 Å². The van der Waals surface area contributed by atoms with Gasteiger partial charge in [0.15, 0.2) is 5.75 Å². The van der Waals surface area contributed by atoms with Crippen molar-refractivity contribution in [1.29, 1.82) is 0 Å². The third-order valence-corrected chi connectivity index (χ3v) is 2.33. The van der Waals surface area contributed by atoms with Crippen LogP contribution in [0.2, 0.25) is 0 Å². The maximum Gasteiger partial charge on any atom is 0.155 e. The lowest BCUT2D eigenvalue weighted by Gasteiger charge is -2.08. The molecule has 0 radical (unpaired) electrons. The van der Waals surface area contributed by atoms with Crippen molar-refractivity contribution in [2.24, 2.45) is 0 Å². The van der Waals surface area contributed by atoms with Crippen molar-refractivity contribution < 1.29 is 4.74 Å². The smallest absolute Gasteiger partial charge is 0.155 e. The number of aryl methyl sites for hydroxylation is 1. The summed E-state index contributed by atoms with van der Waals surface area (Å²) in [6.45, 7) is 2.09. The molecular weight excluding hydrogens is 218 g/mol. The molecule has 0 atom stereocenters. The summed E-state index contributed by atoms with van der Waals surface area (Å²) in [5.41, 5.74) is 7.65. The molecule has 0 spiro atoms. The fourth-order valence-corrected chi connectivity index (χ4v) is 1.78. The summed E-state index contributed by atoms with van der Waals surface area (Å²) < 4.78 is 6.02. The highest BCUT2D eigenvalue weighted by molar-refractivity contribution is 9.10. The van der Waals surface area contributed by atoms with Crippen LogP contribution in [0.5, 0.6) is 5.75 Å². The first-order chi connectivity index (χ1) is 5.69. The lowest BCUT2D eigenvalue weighted by atomic mass is 10.1. The van der Waals surface area contributed by atoms with Gasteiger partial charge in [-0.1, -0.05) is 6.92 Å². The number of halogens is 1. The monoisotopic (exact) mass is 229 g/mol. The highest BCUT2D eigenvalue weighted by Gasteiger charge is 2.05. The summed E-state index contributed by atoms with van der Waals surface area (Å²) in [5.74, 6) is 0.715. The number of rotatable bonds is 2. The number of nitrogens with two attached hydrogens (primary N) is 1. The van der Waals surface area contributed by atoms with Crippen LogP contribution in [-0.4, -0.2) is 7.11 Å². The first kappa shape index (κ1) is 9.39. The molecule has 0 saturated carbocycles. The second-order valence-electron chi connectivity index (χ2n) is 2.55. The second-order valence-corrected chi connectivity index (χ2v) is 3.41. The third kappa shape index (κ3) is 1.72. The largest absolute Gasteiger partial charge is 0.493 e. The van der Waals surface area contributed by atoms with Gasteiger partial charge in [0.1, 0.15) is 0 Å². The molecule has 2 N–H and O–H groups in total. The molecule has 0 fully saturated rings. The van der Waals surface area contributed by atoms with Gasteiger partial charge in [-0.25, -0.2) is 0 Å². The number of nitrogen functional groups attached to an aromatic ring is 1. The highest BCUT2D eigenvalue weighted by atomic mass is 79.9. The van der Waals surface area contributed by atoms with Crippen molar-refractivity contribution in [3.63, 3.8) is 0 Å². The van der Waals surface area contributed by atoms with Crippen LogP contribution in [0.3, 0.4) is 0 Å². The van der Waals surface area contributed by atoms with E-state index in [1.54, 1.807) is 7.11 Å². The Balaban J connectivity index is 3.18. The molecule has 0 aliphatic carbocycles. The van der Waals surface area contributed by atoms with E-state index in [2.05, 4.69) is 22.9 Å². The standard InChI is InChI=1S/C9H12BrNO/c1-3-6-4-7(10)9(12-2)8(11)5-6/h4-5H,3,11H2,1-2H3. The molecule has 0 bridgehead atoms. The Kier molecular flexibility index (Phi) is 2.98. The number of methoxy groups -OCH3 is 1. The van der Waals surface area contributed by atoms with E-state index in [9.17, 15) is 0 Å². The number of anilines is 1. The predicted molar refractivity (Wildman–Crippen MR) is 54.5 cm³/mol. The van der Waals surface area contributed by atoms with E-state index >= 15 is 0 Å². The van der Waals surface area contributed by atoms with Crippen LogP contribution in [0.15, 0.2) is 16.6 Å². The Hall–Kier alpha value is -0.700. The zero-order chi connectivity index (χ0) is 9.14. The van der Waals surface area contributed by atoms with E-state index in [0.29, 0.717) is 11.4 Å². The zero-order valence-corrected chi connectivity index (χ0v) is 8.81. The third-order valence-electron chi connectivity index (χ3n) is 1.74. The maximum atomic E-state index is 5.75. The minimum absolute atomic E-state index is 0.684. The van der Waals surface area contributed by atoms with Gasteiger partial charge in [0.25, 0.3) is 0 Å². The maximum absolute atomic E-state index is 5.75. The van der Waals surface area contributed by atoms with Crippen molar-refractivity contribution in [3.8, 4) is 5.75 Å². The van der Waals surface area contributed by atoms with Gasteiger partial charge in [-0.2, -0.15) is 0 Å². The Morgan fingerprint density at radius 3 is 2.58 bits per heavy atom. The average Bonchev–Trinajstić information content (AvgIpc) is 2.03. The zero-order valence-electron chi connectivity index (χ0n) is 7.23. The number of hydrogen-bond donors (Lipinski definition) is 1. The summed E-state index contributed by atoms with van der Waals surface area (Å²) in [5, 5.41) is 0. The van der Waals surface area contributed by atoms with Gasteiger partial charge < -0.3 is 10.5 Å². The molecule has 0 aliphatic rings. The van der Waals surface area contributed by atoms with Gasteiger partial charge in [0.2, 0.25) is 0 Å². The SMILES string of the molecule is CCc1cc(N)c(OC)c(Br)c1. The number of benzene rings is 1. The molecule has 1 rings (SSSR count). The summed E-state index contributed by atoms with van der Waals surface area (Å²) in [4.78, 5) is 0. The summed E-state index contributed by atoms with van der Waals surface area (Å²) in [6, 6.07) is 3.96. The summed E-state index contributed by atoms with van der Waals surface area (Å²) in [6.07, 6.45) is 0.979. The van der Waals surface area contributed by atoms with Crippen LogP contribution in [0.4, 0.5) is 5.69 Å². The van der Waals surface area contributed by atoms with Crippen molar-refractivity contribution in [3.05, 3.63) is 22.2 Å². The molecule has 66 valence electrons. The second kappa shape index (κ2) is 3.81. The lowest BCUT2D eigenvalue weighted by molar-refractivity contribution is 0.414. The molecule has 0 amide bonds. The van der Waals surface area contributed by atoms with Crippen LogP contribution >= 0.6 is 15.9 Å². The minimum atomic E-state index is 0.684. The molecule has 0 saturated heterocycles. The van der Waals surface area contributed by atoms with Crippen LogP contribution in [0.25, 0.3) is 0 Å². The Morgan fingerprint density at radius 2 is 2.17 bits per heavy atom. The topological polar surface area (TPSA) is 35.2 Å². The first-order valence-corrected chi connectivity index (χ1v) is 4.60. The van der Waals surface area contributed by atoms with E-state index in [4.69, 9.17) is 10.5 Å². The van der Waals surface area contributed by atoms with Gasteiger partial charge in [-0.3, -0.25) is 0 Å².